The molecule has 0 atom stereocenters. The van der Waals surface area contributed by atoms with Gasteiger partial charge in [0.25, 0.3) is 0 Å². The minimum absolute atomic E-state index is 0.0852. The Kier molecular flexibility index (Phi) is 3.34. The van der Waals surface area contributed by atoms with Crippen molar-refractivity contribution in [2.45, 2.75) is 26.4 Å². The van der Waals surface area contributed by atoms with Gasteiger partial charge in [0.15, 0.2) is 23.0 Å². The van der Waals surface area contributed by atoms with Crippen LogP contribution < -0.4 is 4.74 Å². The summed E-state index contributed by atoms with van der Waals surface area (Å²) in [6.07, 6.45) is 5.25. The van der Waals surface area contributed by atoms with Gasteiger partial charge in [0.05, 0.1) is 5.56 Å². The molecule has 1 aromatic rings. The van der Waals surface area contributed by atoms with Crippen molar-refractivity contribution in [3.63, 3.8) is 0 Å². The van der Waals surface area contributed by atoms with Crippen LogP contribution in [-0.4, -0.2) is 11.4 Å². The minimum atomic E-state index is -0.952. The highest BCUT2D eigenvalue weighted by atomic mass is 19.1. The standard InChI is InChI=1S/C13H13FO2/c1-5-13(3,4)16-12-10(9(2)15)7-6-8-11(12)14/h1,6-8H,2-4H3. The summed E-state index contributed by atoms with van der Waals surface area (Å²) in [7, 11) is 0. The first-order valence-electron chi connectivity index (χ1n) is 4.83. The molecule has 0 bridgehead atoms. The minimum Gasteiger partial charge on any atom is -0.471 e. The van der Waals surface area contributed by atoms with Gasteiger partial charge in [-0.1, -0.05) is 12.0 Å². The average molecular weight is 220 g/mol. The van der Waals surface area contributed by atoms with Crippen molar-refractivity contribution < 1.29 is 13.9 Å². The molecule has 1 aromatic carbocycles. The molecule has 0 heterocycles. The van der Waals surface area contributed by atoms with Crippen LogP contribution in [0.4, 0.5) is 4.39 Å². The van der Waals surface area contributed by atoms with Crippen LogP contribution in [0.3, 0.4) is 0 Å². The molecule has 0 amide bonds. The van der Waals surface area contributed by atoms with Crippen molar-refractivity contribution in [2.75, 3.05) is 0 Å². The van der Waals surface area contributed by atoms with Gasteiger partial charge in [0, 0.05) is 0 Å². The second kappa shape index (κ2) is 4.36. The number of rotatable bonds is 3. The lowest BCUT2D eigenvalue weighted by molar-refractivity contribution is 0.1000. The van der Waals surface area contributed by atoms with Crippen molar-refractivity contribution in [1.29, 1.82) is 0 Å². The van der Waals surface area contributed by atoms with Gasteiger partial charge >= 0.3 is 0 Å². The van der Waals surface area contributed by atoms with Crippen LogP contribution in [0.2, 0.25) is 0 Å². The Morgan fingerprint density at radius 3 is 2.62 bits per heavy atom. The molecule has 0 unspecified atom stereocenters. The van der Waals surface area contributed by atoms with Crippen molar-refractivity contribution in [2.24, 2.45) is 0 Å². The third-order valence-corrected chi connectivity index (χ3v) is 2.05. The fourth-order valence-corrected chi connectivity index (χ4v) is 1.17. The van der Waals surface area contributed by atoms with Crippen molar-refractivity contribution in [3.05, 3.63) is 29.6 Å². The molecule has 0 saturated carbocycles. The highest BCUT2D eigenvalue weighted by molar-refractivity contribution is 5.96. The number of ketones is 1. The molecule has 3 heteroatoms. The summed E-state index contributed by atoms with van der Waals surface area (Å²) < 4.78 is 18.9. The Morgan fingerprint density at radius 1 is 1.50 bits per heavy atom. The number of ether oxygens (including phenoxy) is 1. The molecule has 0 N–H and O–H groups in total. The predicted octanol–water partition coefficient (Wildman–Crippen LogP) is 2.82. The van der Waals surface area contributed by atoms with Gasteiger partial charge < -0.3 is 4.74 Å². The zero-order chi connectivity index (χ0) is 12.3. The highest BCUT2D eigenvalue weighted by Crippen LogP contribution is 2.26. The molecule has 0 fully saturated rings. The SMILES string of the molecule is C#CC(C)(C)Oc1c(F)cccc1C(C)=O. The number of carbonyl (C=O) groups excluding carboxylic acids is 1. The summed E-state index contributed by atoms with van der Waals surface area (Å²) in [4.78, 5) is 11.3. The number of para-hydroxylation sites is 1. The van der Waals surface area contributed by atoms with E-state index in [0.717, 1.165) is 0 Å². The molecule has 1 rings (SSSR count). The first-order valence-corrected chi connectivity index (χ1v) is 4.83. The molecule has 0 aliphatic carbocycles. The molecule has 0 radical (unpaired) electrons. The van der Waals surface area contributed by atoms with E-state index in [-0.39, 0.29) is 17.1 Å². The molecule has 0 spiro atoms. The number of halogens is 1. The van der Waals surface area contributed by atoms with Crippen LogP contribution in [0, 0.1) is 18.2 Å². The molecular weight excluding hydrogens is 207 g/mol. The maximum atomic E-state index is 13.5. The smallest absolute Gasteiger partial charge is 0.168 e. The van der Waals surface area contributed by atoms with Crippen molar-refractivity contribution >= 4 is 5.78 Å². The van der Waals surface area contributed by atoms with Crippen LogP contribution >= 0.6 is 0 Å². The van der Waals surface area contributed by atoms with E-state index in [4.69, 9.17) is 11.2 Å². The van der Waals surface area contributed by atoms with Crippen LogP contribution in [0.5, 0.6) is 5.75 Å². The van der Waals surface area contributed by atoms with Gasteiger partial charge in [-0.2, -0.15) is 0 Å². The van der Waals surface area contributed by atoms with E-state index in [1.54, 1.807) is 13.8 Å². The summed E-state index contributed by atoms with van der Waals surface area (Å²) in [6, 6.07) is 4.20. The van der Waals surface area contributed by atoms with Crippen LogP contribution in [0.15, 0.2) is 18.2 Å². The van der Waals surface area contributed by atoms with E-state index >= 15 is 0 Å². The lowest BCUT2D eigenvalue weighted by atomic mass is 10.1. The highest BCUT2D eigenvalue weighted by Gasteiger charge is 2.22. The van der Waals surface area contributed by atoms with Gasteiger partial charge in [-0.05, 0) is 32.9 Å². The fraction of sp³-hybridized carbons (Fsp3) is 0.308. The second-order valence-corrected chi connectivity index (χ2v) is 3.93. The van der Waals surface area contributed by atoms with Crippen molar-refractivity contribution in [3.8, 4) is 18.1 Å². The Balaban J connectivity index is 3.23. The topological polar surface area (TPSA) is 26.3 Å². The number of terminal acetylenes is 1. The quantitative estimate of drug-likeness (QED) is 0.578. The number of benzene rings is 1. The molecule has 2 nitrogen and oxygen atoms in total. The fourth-order valence-electron chi connectivity index (χ4n) is 1.17. The van der Waals surface area contributed by atoms with Gasteiger partial charge in [-0.15, -0.1) is 6.42 Å². The number of carbonyl (C=O) groups is 1. The van der Waals surface area contributed by atoms with E-state index < -0.39 is 11.4 Å². The van der Waals surface area contributed by atoms with E-state index in [2.05, 4.69) is 5.92 Å². The average Bonchev–Trinajstić information content (AvgIpc) is 2.20. The largest absolute Gasteiger partial charge is 0.471 e. The summed E-state index contributed by atoms with van der Waals surface area (Å²) in [5, 5.41) is 0. The third-order valence-electron chi connectivity index (χ3n) is 2.05. The van der Waals surface area contributed by atoms with Crippen LogP contribution in [-0.2, 0) is 0 Å². The maximum absolute atomic E-state index is 13.5. The van der Waals surface area contributed by atoms with E-state index in [1.807, 2.05) is 0 Å². The maximum Gasteiger partial charge on any atom is 0.168 e. The Morgan fingerprint density at radius 2 is 2.12 bits per heavy atom. The van der Waals surface area contributed by atoms with Gasteiger partial charge in [0.1, 0.15) is 0 Å². The van der Waals surface area contributed by atoms with Crippen LogP contribution in [0.1, 0.15) is 31.1 Å². The predicted molar refractivity (Wildman–Crippen MR) is 59.9 cm³/mol. The molecule has 0 aliphatic rings. The van der Waals surface area contributed by atoms with Gasteiger partial charge in [-0.25, -0.2) is 4.39 Å². The lowest BCUT2D eigenvalue weighted by Gasteiger charge is -2.22. The van der Waals surface area contributed by atoms with Gasteiger partial charge in [0.2, 0.25) is 0 Å². The first-order chi connectivity index (χ1) is 7.37. The van der Waals surface area contributed by atoms with E-state index in [1.165, 1.54) is 25.1 Å². The number of hydrogen-bond acceptors (Lipinski definition) is 2. The second-order valence-electron chi connectivity index (χ2n) is 3.93. The molecule has 0 aromatic heterocycles. The normalized spacial score (nSPS) is 10.7. The summed E-state index contributed by atoms with van der Waals surface area (Å²) in [5.74, 6) is 1.45. The number of hydrogen-bond donors (Lipinski definition) is 0. The molecule has 16 heavy (non-hydrogen) atoms. The zero-order valence-corrected chi connectivity index (χ0v) is 9.50. The Bertz CT molecular complexity index is 455. The third kappa shape index (κ3) is 2.60. The first kappa shape index (κ1) is 12.3. The van der Waals surface area contributed by atoms with E-state index in [0.29, 0.717) is 0 Å². The lowest BCUT2D eigenvalue weighted by Crippen LogP contribution is -2.27. The Labute approximate surface area is 94.4 Å². The summed E-state index contributed by atoms with van der Waals surface area (Å²) >= 11 is 0. The molecule has 84 valence electrons. The van der Waals surface area contributed by atoms with Crippen LogP contribution in [0.25, 0.3) is 0 Å². The van der Waals surface area contributed by atoms with Gasteiger partial charge in [-0.3, -0.25) is 4.79 Å². The molecule has 0 aliphatic heterocycles. The van der Waals surface area contributed by atoms with Crippen molar-refractivity contribution in [1.82, 2.24) is 0 Å². The van der Waals surface area contributed by atoms with E-state index in [9.17, 15) is 9.18 Å². The molecule has 0 saturated heterocycles. The number of Topliss-reactive ketones (excluding diaryl/α,β-unsaturated/α-hetero) is 1. The Hall–Kier alpha value is -1.82. The molecular formula is C13H13FO2. The summed E-state index contributed by atoms with van der Waals surface area (Å²) in [5.41, 5.74) is -0.754. The summed E-state index contributed by atoms with van der Waals surface area (Å²) in [6.45, 7) is 4.61. The monoisotopic (exact) mass is 220 g/mol. The zero-order valence-electron chi connectivity index (χ0n) is 9.50.